The van der Waals surface area contributed by atoms with Crippen molar-refractivity contribution in [3.63, 3.8) is 0 Å². The number of aromatic carboxylic acids is 1. The lowest BCUT2D eigenvalue weighted by atomic mass is 10.2. The van der Waals surface area contributed by atoms with E-state index in [4.69, 9.17) is 14.6 Å². The molecular weight excluding hydrogens is 222 g/mol. The van der Waals surface area contributed by atoms with E-state index >= 15 is 0 Å². The van der Waals surface area contributed by atoms with Crippen LogP contribution in [0, 0.1) is 6.92 Å². The molecule has 0 aliphatic carbocycles. The average Bonchev–Trinajstić information content (AvgIpc) is 2.61. The van der Waals surface area contributed by atoms with Gasteiger partial charge >= 0.3 is 5.97 Å². The second-order valence-electron chi connectivity index (χ2n) is 4.00. The van der Waals surface area contributed by atoms with Crippen LogP contribution in [0.15, 0.2) is 10.5 Å². The first-order valence-corrected chi connectivity index (χ1v) is 5.74. The summed E-state index contributed by atoms with van der Waals surface area (Å²) in [6.45, 7) is 5.98. The SMILES string of the molecule is CCCN(CCO)Cc1cc(C(=O)O)oc1C. The predicted molar refractivity (Wildman–Crippen MR) is 63.1 cm³/mol. The van der Waals surface area contributed by atoms with Crippen molar-refractivity contribution in [1.29, 1.82) is 0 Å². The summed E-state index contributed by atoms with van der Waals surface area (Å²) in [6.07, 6.45) is 0.989. The molecule has 1 aromatic heterocycles. The Labute approximate surface area is 101 Å². The van der Waals surface area contributed by atoms with E-state index in [9.17, 15) is 4.79 Å². The number of carboxylic acids is 1. The molecule has 0 bridgehead atoms. The molecule has 96 valence electrons. The highest BCUT2D eigenvalue weighted by molar-refractivity contribution is 5.84. The molecule has 0 spiro atoms. The molecule has 0 radical (unpaired) electrons. The van der Waals surface area contributed by atoms with Crippen molar-refractivity contribution in [2.45, 2.75) is 26.8 Å². The third-order valence-electron chi connectivity index (χ3n) is 2.58. The molecule has 0 aliphatic heterocycles. The number of nitrogens with zero attached hydrogens (tertiary/aromatic N) is 1. The molecule has 17 heavy (non-hydrogen) atoms. The van der Waals surface area contributed by atoms with Gasteiger partial charge in [-0.15, -0.1) is 0 Å². The molecule has 0 unspecified atom stereocenters. The van der Waals surface area contributed by atoms with Gasteiger partial charge in [0.1, 0.15) is 5.76 Å². The van der Waals surface area contributed by atoms with Crippen LogP contribution in [0.4, 0.5) is 0 Å². The van der Waals surface area contributed by atoms with Gasteiger partial charge in [0.2, 0.25) is 5.76 Å². The Morgan fingerprint density at radius 3 is 2.65 bits per heavy atom. The Balaban J connectivity index is 2.74. The quantitative estimate of drug-likeness (QED) is 0.756. The minimum atomic E-state index is -1.05. The van der Waals surface area contributed by atoms with Crippen LogP contribution in [-0.4, -0.2) is 40.8 Å². The number of carbonyl (C=O) groups is 1. The van der Waals surface area contributed by atoms with E-state index in [2.05, 4.69) is 11.8 Å². The van der Waals surface area contributed by atoms with Gasteiger partial charge in [0.05, 0.1) is 6.61 Å². The summed E-state index contributed by atoms with van der Waals surface area (Å²) in [4.78, 5) is 12.8. The van der Waals surface area contributed by atoms with Crippen LogP contribution in [-0.2, 0) is 6.54 Å². The Hall–Kier alpha value is -1.33. The Morgan fingerprint density at radius 2 is 2.18 bits per heavy atom. The van der Waals surface area contributed by atoms with Crippen LogP contribution in [0.2, 0.25) is 0 Å². The van der Waals surface area contributed by atoms with Gasteiger partial charge in [-0.25, -0.2) is 4.79 Å². The van der Waals surface area contributed by atoms with Crippen LogP contribution < -0.4 is 0 Å². The molecule has 1 aromatic rings. The van der Waals surface area contributed by atoms with Crippen LogP contribution in [0.25, 0.3) is 0 Å². The van der Waals surface area contributed by atoms with Crippen LogP contribution in [0.1, 0.15) is 35.2 Å². The van der Waals surface area contributed by atoms with Crippen molar-refractivity contribution in [3.8, 4) is 0 Å². The van der Waals surface area contributed by atoms with E-state index in [1.807, 2.05) is 0 Å². The second kappa shape index (κ2) is 6.42. The van der Waals surface area contributed by atoms with Crippen molar-refractivity contribution < 1.29 is 19.4 Å². The van der Waals surface area contributed by atoms with E-state index in [1.54, 1.807) is 13.0 Å². The Morgan fingerprint density at radius 1 is 1.47 bits per heavy atom. The Bertz CT molecular complexity index is 367. The van der Waals surface area contributed by atoms with Crippen molar-refractivity contribution >= 4 is 5.97 Å². The monoisotopic (exact) mass is 241 g/mol. The van der Waals surface area contributed by atoms with Gasteiger partial charge in [-0.3, -0.25) is 4.90 Å². The Kier molecular flexibility index (Phi) is 5.18. The van der Waals surface area contributed by atoms with Gasteiger partial charge < -0.3 is 14.6 Å². The number of rotatable bonds is 7. The largest absolute Gasteiger partial charge is 0.475 e. The summed E-state index contributed by atoms with van der Waals surface area (Å²) in [7, 11) is 0. The lowest BCUT2D eigenvalue weighted by Gasteiger charge is -2.19. The maximum atomic E-state index is 10.8. The fourth-order valence-corrected chi connectivity index (χ4v) is 1.75. The lowest BCUT2D eigenvalue weighted by Crippen LogP contribution is -2.27. The fourth-order valence-electron chi connectivity index (χ4n) is 1.75. The van der Waals surface area contributed by atoms with E-state index in [0.29, 0.717) is 18.8 Å². The molecule has 0 aliphatic rings. The number of aliphatic hydroxyl groups is 1. The van der Waals surface area contributed by atoms with Gasteiger partial charge in [0, 0.05) is 18.7 Å². The number of furan rings is 1. The van der Waals surface area contributed by atoms with Crippen molar-refractivity contribution in [1.82, 2.24) is 4.90 Å². The molecule has 0 atom stereocenters. The average molecular weight is 241 g/mol. The molecule has 0 aromatic carbocycles. The summed E-state index contributed by atoms with van der Waals surface area (Å²) >= 11 is 0. The molecule has 0 fully saturated rings. The third kappa shape index (κ3) is 3.87. The van der Waals surface area contributed by atoms with Crippen molar-refractivity contribution in [2.24, 2.45) is 0 Å². The summed E-state index contributed by atoms with van der Waals surface area (Å²) in [6, 6.07) is 1.55. The predicted octanol–water partition coefficient (Wildman–Crippen LogP) is 1.49. The first-order chi connectivity index (χ1) is 8.08. The molecule has 0 saturated carbocycles. The van der Waals surface area contributed by atoms with E-state index < -0.39 is 5.97 Å². The number of carboxylic acid groups (broad SMARTS) is 1. The summed E-state index contributed by atoms with van der Waals surface area (Å²) in [5.41, 5.74) is 0.865. The van der Waals surface area contributed by atoms with Gasteiger partial charge in [-0.1, -0.05) is 6.92 Å². The number of aliphatic hydroxyl groups excluding tert-OH is 1. The maximum absolute atomic E-state index is 10.8. The van der Waals surface area contributed by atoms with E-state index in [-0.39, 0.29) is 12.4 Å². The maximum Gasteiger partial charge on any atom is 0.371 e. The van der Waals surface area contributed by atoms with Gasteiger partial charge in [0.15, 0.2) is 0 Å². The van der Waals surface area contributed by atoms with Crippen LogP contribution in [0.5, 0.6) is 0 Å². The third-order valence-corrected chi connectivity index (χ3v) is 2.58. The number of hydrogen-bond acceptors (Lipinski definition) is 4. The van der Waals surface area contributed by atoms with Crippen LogP contribution in [0.3, 0.4) is 0 Å². The molecule has 0 amide bonds. The minimum absolute atomic E-state index is 0.0297. The zero-order valence-corrected chi connectivity index (χ0v) is 10.3. The second-order valence-corrected chi connectivity index (χ2v) is 4.00. The smallest absolute Gasteiger partial charge is 0.371 e. The number of hydrogen-bond donors (Lipinski definition) is 2. The minimum Gasteiger partial charge on any atom is -0.475 e. The van der Waals surface area contributed by atoms with E-state index in [0.717, 1.165) is 18.5 Å². The zero-order chi connectivity index (χ0) is 12.8. The zero-order valence-electron chi connectivity index (χ0n) is 10.3. The number of aryl methyl sites for hydroxylation is 1. The highest BCUT2D eigenvalue weighted by Crippen LogP contribution is 2.16. The molecule has 5 heteroatoms. The highest BCUT2D eigenvalue weighted by Gasteiger charge is 2.15. The first kappa shape index (κ1) is 13.7. The van der Waals surface area contributed by atoms with Crippen molar-refractivity contribution in [2.75, 3.05) is 19.7 Å². The van der Waals surface area contributed by atoms with Gasteiger partial charge in [-0.05, 0) is 26.0 Å². The molecule has 1 rings (SSSR count). The molecular formula is C12H19NO4. The first-order valence-electron chi connectivity index (χ1n) is 5.74. The van der Waals surface area contributed by atoms with Crippen LogP contribution >= 0.6 is 0 Å². The summed E-state index contributed by atoms with van der Waals surface area (Å²) in [5, 5.41) is 17.8. The van der Waals surface area contributed by atoms with E-state index in [1.165, 1.54) is 0 Å². The van der Waals surface area contributed by atoms with Crippen molar-refractivity contribution in [3.05, 3.63) is 23.2 Å². The molecule has 0 saturated heterocycles. The lowest BCUT2D eigenvalue weighted by molar-refractivity contribution is 0.0661. The van der Waals surface area contributed by atoms with Gasteiger partial charge in [0.25, 0.3) is 0 Å². The molecule has 5 nitrogen and oxygen atoms in total. The topological polar surface area (TPSA) is 73.9 Å². The molecule has 1 heterocycles. The summed E-state index contributed by atoms with van der Waals surface area (Å²) < 4.78 is 5.14. The normalized spacial score (nSPS) is 11.1. The van der Waals surface area contributed by atoms with Gasteiger partial charge in [-0.2, -0.15) is 0 Å². The highest BCUT2D eigenvalue weighted by atomic mass is 16.4. The standard InChI is InChI=1S/C12H19NO4/c1-3-4-13(5-6-14)8-10-7-11(12(15)16)17-9(10)2/h7,14H,3-6,8H2,1-2H3,(H,15,16). The fraction of sp³-hybridized carbons (Fsp3) is 0.583. The summed E-state index contributed by atoms with van der Waals surface area (Å²) in [5.74, 6) is -0.456. The molecule has 2 N–H and O–H groups in total.